The summed E-state index contributed by atoms with van der Waals surface area (Å²) in [5.41, 5.74) is 20.1. The first-order valence-corrected chi connectivity index (χ1v) is 28.7. The molecule has 11 aromatic rings. The lowest BCUT2D eigenvalue weighted by atomic mass is 9.71. The third-order valence-electron chi connectivity index (χ3n) is 15.9. The van der Waals surface area contributed by atoms with Crippen LogP contribution in [0.3, 0.4) is 0 Å². The molecule has 0 aliphatic rings. The Morgan fingerprint density at radius 1 is 0.259 bits per heavy atom. The summed E-state index contributed by atoms with van der Waals surface area (Å²) in [4.78, 5) is 4.15. The molecule has 0 amide bonds. The average molecular weight is 1060 g/mol. The number of aromatic nitrogens is 1. The van der Waals surface area contributed by atoms with Gasteiger partial charge >= 0.3 is 0 Å². The van der Waals surface area contributed by atoms with Crippen molar-refractivity contribution < 1.29 is 0 Å². The molecule has 1 nitrogen and oxygen atoms in total. The molecule has 1 aromatic heterocycles. The van der Waals surface area contributed by atoms with Crippen LogP contribution in [0.25, 0.3) is 0 Å². The molecule has 1 heteroatoms. The molecule has 0 bridgehead atoms. The van der Waals surface area contributed by atoms with Crippen LogP contribution in [0.15, 0.2) is 304 Å². The van der Waals surface area contributed by atoms with Crippen molar-refractivity contribution in [1.29, 1.82) is 0 Å². The van der Waals surface area contributed by atoms with Crippen LogP contribution in [0, 0.1) is 27.7 Å². The van der Waals surface area contributed by atoms with Gasteiger partial charge in [-0.05, 0) is 114 Å². The average Bonchev–Trinajstić information content (AvgIpc) is 3.53. The number of aryl methyl sites for hydroxylation is 4. The maximum Gasteiger partial charge on any atom is 0.0424 e. The van der Waals surface area contributed by atoms with E-state index in [1.807, 2.05) is 12.4 Å². The summed E-state index contributed by atoms with van der Waals surface area (Å²) >= 11 is 0. The summed E-state index contributed by atoms with van der Waals surface area (Å²) in [6, 6.07) is 103. The van der Waals surface area contributed by atoms with Crippen molar-refractivity contribution in [2.75, 3.05) is 0 Å². The van der Waals surface area contributed by atoms with E-state index >= 15 is 0 Å². The van der Waals surface area contributed by atoms with Gasteiger partial charge in [0.15, 0.2) is 0 Å². The Bertz CT molecular complexity index is 3280. The Labute approximate surface area is 487 Å². The van der Waals surface area contributed by atoms with Gasteiger partial charge in [-0.15, -0.1) is 0 Å². The molecule has 0 saturated carbocycles. The molecule has 0 aliphatic heterocycles. The second kappa shape index (κ2) is 30.1. The van der Waals surface area contributed by atoms with Gasteiger partial charge in [-0.1, -0.05) is 330 Å². The van der Waals surface area contributed by atoms with Crippen molar-refractivity contribution in [2.24, 2.45) is 0 Å². The van der Waals surface area contributed by atoms with Crippen LogP contribution in [0.2, 0.25) is 0 Å². The molecule has 408 valence electrons. The van der Waals surface area contributed by atoms with Gasteiger partial charge in [0.1, 0.15) is 0 Å². The van der Waals surface area contributed by atoms with Crippen LogP contribution in [0.4, 0.5) is 0 Å². The zero-order valence-corrected chi connectivity index (χ0v) is 49.5. The maximum atomic E-state index is 4.15. The summed E-state index contributed by atoms with van der Waals surface area (Å²) in [5.74, 6) is 1.43. The smallest absolute Gasteiger partial charge is 0.0424 e. The summed E-state index contributed by atoms with van der Waals surface area (Å²) < 4.78 is 0. The van der Waals surface area contributed by atoms with Gasteiger partial charge in [0.25, 0.3) is 0 Å². The van der Waals surface area contributed by atoms with Crippen molar-refractivity contribution >= 4 is 0 Å². The minimum atomic E-state index is -0.161. The van der Waals surface area contributed by atoms with Crippen molar-refractivity contribution in [1.82, 2.24) is 4.98 Å². The highest BCUT2D eigenvalue weighted by Gasteiger charge is 2.30. The van der Waals surface area contributed by atoms with E-state index in [0.717, 1.165) is 0 Å². The molecule has 2 atom stereocenters. The van der Waals surface area contributed by atoms with Gasteiger partial charge in [-0.25, -0.2) is 0 Å². The first-order valence-electron chi connectivity index (χ1n) is 28.7. The number of rotatable bonds is 11. The first-order chi connectivity index (χ1) is 39.2. The fourth-order valence-electron chi connectivity index (χ4n) is 10.3. The van der Waals surface area contributed by atoms with E-state index in [0.29, 0.717) is 17.8 Å². The van der Waals surface area contributed by atoms with Gasteiger partial charge in [0.05, 0.1) is 0 Å². The molecule has 2 unspecified atom stereocenters. The molecule has 1 heterocycles. The molecule has 81 heavy (non-hydrogen) atoms. The van der Waals surface area contributed by atoms with Crippen molar-refractivity contribution in [3.63, 3.8) is 0 Å². The largest absolute Gasteiger partial charge is 0.265 e. The van der Waals surface area contributed by atoms with E-state index in [-0.39, 0.29) is 10.8 Å². The van der Waals surface area contributed by atoms with E-state index < -0.39 is 0 Å². The number of hydrogen-bond donors (Lipinski definition) is 0. The molecule has 0 radical (unpaired) electrons. The highest BCUT2D eigenvalue weighted by Crippen LogP contribution is 2.38. The monoisotopic (exact) mass is 1060 g/mol. The molecule has 10 aromatic carbocycles. The van der Waals surface area contributed by atoms with Gasteiger partial charge in [-0.2, -0.15) is 0 Å². The predicted octanol–water partition coefficient (Wildman–Crippen LogP) is 21.2. The lowest BCUT2D eigenvalue weighted by Crippen LogP contribution is -2.25. The van der Waals surface area contributed by atoms with Crippen LogP contribution in [0.1, 0.15) is 143 Å². The fourth-order valence-corrected chi connectivity index (χ4v) is 10.3. The lowest BCUT2D eigenvalue weighted by molar-refractivity contribution is 0.641. The Balaban J connectivity index is 0.000000147. The van der Waals surface area contributed by atoms with E-state index in [1.54, 1.807) is 0 Å². The molecular weight excluding hydrogens is 975 g/mol. The van der Waals surface area contributed by atoms with Gasteiger partial charge in [-0.3, -0.25) is 4.98 Å². The SMILES string of the molecule is CC(C)(c1ccccc1)c1ccccc1.CC(c1ccccc1)(c1ccccc1)c1ccncc1.Cc1ccc(C(C)c2ccc(C)cc2)cc1.Cc1ccc(C(C)c2ccccc2)cc1.Cc1ccccc1C(C)c1ccccc1. The van der Waals surface area contributed by atoms with Gasteiger partial charge in [0.2, 0.25) is 0 Å². The molecule has 0 spiro atoms. The zero-order chi connectivity index (χ0) is 57.5. The predicted molar refractivity (Wildman–Crippen MR) is 348 cm³/mol. The highest BCUT2D eigenvalue weighted by atomic mass is 14.6. The summed E-state index contributed by atoms with van der Waals surface area (Å²) in [6.45, 7) is 22.1. The fraction of sp³-hybridized carbons (Fsp3) is 0.188. The standard InChI is InChI=1S/C19H17N.C16H18.3C15H16/c1-19(16-8-4-2-5-9-16,17-10-6-3-7-11-17)18-12-14-20-15-13-18;1-12-4-8-15(9-5-12)14(3)16-10-6-13(2)7-11-16;1-15(2,13-9-5-3-6-10-13)14-11-7-4-8-12-14;1-12-8-6-7-11-15(12)13(2)14-9-4-3-5-10-14;1-12-8-10-15(11-9-12)13(2)14-6-4-3-5-7-14/h2-15H,1H3;4-11,14H,1-3H3;3-12H,1-2H3;2*3-11,13H,1-2H3. The molecule has 0 aliphatic carbocycles. The second-order valence-electron chi connectivity index (χ2n) is 22.0. The third kappa shape index (κ3) is 16.9. The van der Waals surface area contributed by atoms with E-state index in [9.17, 15) is 0 Å². The summed E-state index contributed by atoms with van der Waals surface area (Å²) in [5, 5.41) is 0. The van der Waals surface area contributed by atoms with Crippen molar-refractivity contribution in [3.8, 4) is 0 Å². The molecule has 0 saturated heterocycles. The minimum absolute atomic E-state index is 0.0858. The van der Waals surface area contributed by atoms with E-state index in [1.165, 1.54) is 83.5 Å². The normalized spacial score (nSPS) is 11.6. The van der Waals surface area contributed by atoms with Gasteiger partial charge in [0, 0.05) is 41.0 Å². The van der Waals surface area contributed by atoms with Crippen LogP contribution in [0.5, 0.6) is 0 Å². The lowest BCUT2D eigenvalue weighted by Gasteiger charge is -2.31. The molecule has 11 rings (SSSR count). The molecule has 0 N–H and O–H groups in total. The Kier molecular flexibility index (Phi) is 22.3. The number of benzene rings is 10. The van der Waals surface area contributed by atoms with Crippen LogP contribution in [-0.4, -0.2) is 4.98 Å². The minimum Gasteiger partial charge on any atom is -0.265 e. The van der Waals surface area contributed by atoms with E-state index in [4.69, 9.17) is 0 Å². The third-order valence-corrected chi connectivity index (χ3v) is 15.9. The maximum absolute atomic E-state index is 4.15. The molecule has 0 fully saturated rings. The quantitative estimate of drug-likeness (QED) is 0.126. The Morgan fingerprint density at radius 2 is 0.519 bits per heavy atom. The number of pyridine rings is 1. The van der Waals surface area contributed by atoms with Gasteiger partial charge < -0.3 is 0 Å². The number of nitrogens with zero attached hydrogens (tertiary/aromatic N) is 1. The molecular formula is C80H83N. The van der Waals surface area contributed by atoms with Crippen LogP contribution >= 0.6 is 0 Å². The van der Waals surface area contributed by atoms with Crippen LogP contribution < -0.4 is 0 Å². The second-order valence-corrected chi connectivity index (χ2v) is 22.0. The topological polar surface area (TPSA) is 12.9 Å². The summed E-state index contributed by atoms with van der Waals surface area (Å²) in [7, 11) is 0. The summed E-state index contributed by atoms with van der Waals surface area (Å²) in [6.07, 6.45) is 3.72. The van der Waals surface area contributed by atoms with E-state index in [2.05, 4.69) is 365 Å². The van der Waals surface area contributed by atoms with Crippen molar-refractivity contribution in [2.45, 2.75) is 97.8 Å². The van der Waals surface area contributed by atoms with Crippen LogP contribution in [-0.2, 0) is 10.8 Å². The highest BCUT2D eigenvalue weighted by molar-refractivity contribution is 5.49. The van der Waals surface area contributed by atoms with Crippen molar-refractivity contribution in [3.05, 3.63) is 387 Å². The zero-order valence-electron chi connectivity index (χ0n) is 49.5. The number of hydrogen-bond acceptors (Lipinski definition) is 1. The first kappa shape index (κ1) is 60.0. The Hall–Kier alpha value is -8.65. The Morgan fingerprint density at radius 3 is 0.852 bits per heavy atom.